The predicted molar refractivity (Wildman–Crippen MR) is 97.2 cm³/mol. The highest BCUT2D eigenvalue weighted by Crippen LogP contribution is 2.28. The van der Waals surface area contributed by atoms with Crippen LogP contribution in [0.2, 0.25) is 0 Å². The van der Waals surface area contributed by atoms with Gasteiger partial charge in [0, 0.05) is 17.8 Å². The molecule has 0 bridgehead atoms. The molecule has 24 heavy (non-hydrogen) atoms. The van der Waals surface area contributed by atoms with Crippen LogP contribution in [0.1, 0.15) is 49.6 Å². The summed E-state index contributed by atoms with van der Waals surface area (Å²) in [5.41, 5.74) is 4.23. The molecule has 1 fully saturated rings. The van der Waals surface area contributed by atoms with Gasteiger partial charge in [0.25, 0.3) is 0 Å². The van der Waals surface area contributed by atoms with Crippen molar-refractivity contribution < 1.29 is 5.11 Å². The Morgan fingerprint density at radius 3 is 2.88 bits per heavy atom. The largest absolute Gasteiger partial charge is 0.508 e. The van der Waals surface area contributed by atoms with Gasteiger partial charge in [-0.3, -0.25) is 0 Å². The number of rotatable bonds is 5. The smallest absolute Gasteiger partial charge is 0.125 e. The van der Waals surface area contributed by atoms with Crippen LogP contribution in [0.15, 0.2) is 24.4 Å². The second kappa shape index (κ2) is 7.75. The molecule has 3 rings (SSSR count). The van der Waals surface area contributed by atoms with Gasteiger partial charge >= 0.3 is 0 Å². The van der Waals surface area contributed by atoms with Crippen LogP contribution in [0.3, 0.4) is 0 Å². The second-order valence-corrected chi connectivity index (χ2v) is 6.72. The van der Waals surface area contributed by atoms with E-state index in [0.717, 1.165) is 48.5 Å². The molecule has 0 spiro atoms. The predicted octanol–water partition coefficient (Wildman–Crippen LogP) is 3.79. The van der Waals surface area contributed by atoms with Crippen LogP contribution in [-0.2, 0) is 12.8 Å². The maximum atomic E-state index is 10.2. The Kier molecular flexibility index (Phi) is 5.46. The molecule has 2 aromatic rings. The number of piperidine rings is 1. The van der Waals surface area contributed by atoms with Gasteiger partial charge in [0.05, 0.1) is 5.69 Å². The first-order valence-electron chi connectivity index (χ1n) is 9.05. The number of phenols is 1. The topological polar surface area (TPSA) is 58.0 Å². The lowest BCUT2D eigenvalue weighted by Crippen LogP contribution is -2.34. The fraction of sp³-hybridized carbons (Fsp3) is 0.500. The second-order valence-electron chi connectivity index (χ2n) is 6.72. The Balaban J connectivity index is 1.82. The van der Waals surface area contributed by atoms with Gasteiger partial charge in [-0.15, -0.1) is 0 Å². The highest BCUT2D eigenvalue weighted by molar-refractivity contribution is 5.65. The lowest BCUT2D eigenvalue weighted by molar-refractivity contribution is 0.382. The molecular weight excluding hydrogens is 298 g/mol. The number of aromatic hydroxyl groups is 1. The molecule has 0 radical (unpaired) electrons. The van der Waals surface area contributed by atoms with Crippen LogP contribution in [-0.4, -0.2) is 27.7 Å². The Morgan fingerprint density at radius 2 is 2.12 bits per heavy atom. The molecule has 2 N–H and O–H groups in total. The molecule has 4 nitrogen and oxygen atoms in total. The minimum Gasteiger partial charge on any atom is -0.508 e. The zero-order chi connectivity index (χ0) is 16.9. The molecule has 1 aromatic carbocycles. The highest BCUT2D eigenvalue weighted by atomic mass is 16.3. The fourth-order valence-corrected chi connectivity index (χ4v) is 3.47. The maximum absolute atomic E-state index is 10.2. The third kappa shape index (κ3) is 4.12. The third-order valence-corrected chi connectivity index (χ3v) is 4.81. The average Bonchev–Trinajstić information content (AvgIpc) is 2.60. The molecule has 1 aliphatic rings. The zero-order valence-electron chi connectivity index (χ0n) is 14.7. The molecule has 0 saturated carbocycles. The standard InChI is InChI=1S/C20H27N3O/c1-3-16-13-22-14(2)23-20(16)17-10-15(11-19(24)12-17)7-8-18-6-4-5-9-21-18/h10-13,18,21,24H,3-9H2,1-2H3/t18-/m1/s1. The van der Waals surface area contributed by atoms with E-state index in [4.69, 9.17) is 0 Å². The van der Waals surface area contributed by atoms with Crippen molar-refractivity contribution in [1.82, 2.24) is 15.3 Å². The normalized spacial score (nSPS) is 17.8. The quantitative estimate of drug-likeness (QED) is 0.878. The van der Waals surface area contributed by atoms with Gasteiger partial charge in [0.1, 0.15) is 11.6 Å². The Bertz CT molecular complexity index is 693. The number of hydrogen-bond donors (Lipinski definition) is 2. The summed E-state index contributed by atoms with van der Waals surface area (Å²) in [5.74, 6) is 1.08. The zero-order valence-corrected chi connectivity index (χ0v) is 14.7. The maximum Gasteiger partial charge on any atom is 0.125 e. The summed E-state index contributed by atoms with van der Waals surface area (Å²) in [7, 11) is 0. The Morgan fingerprint density at radius 1 is 1.25 bits per heavy atom. The summed E-state index contributed by atoms with van der Waals surface area (Å²) < 4.78 is 0. The van der Waals surface area contributed by atoms with Gasteiger partial charge in [0.2, 0.25) is 0 Å². The van der Waals surface area contributed by atoms with Crippen molar-refractivity contribution >= 4 is 0 Å². The molecule has 1 saturated heterocycles. The summed E-state index contributed by atoms with van der Waals surface area (Å²) in [6, 6.07) is 6.47. The van der Waals surface area contributed by atoms with E-state index in [9.17, 15) is 5.11 Å². The van der Waals surface area contributed by atoms with E-state index in [2.05, 4.69) is 28.3 Å². The summed E-state index contributed by atoms with van der Waals surface area (Å²) in [6.07, 6.45) is 8.75. The van der Waals surface area contributed by atoms with Crippen molar-refractivity contribution in [3.05, 3.63) is 41.3 Å². The van der Waals surface area contributed by atoms with Crippen molar-refractivity contribution in [2.45, 2.75) is 58.4 Å². The van der Waals surface area contributed by atoms with Crippen LogP contribution in [0.4, 0.5) is 0 Å². The number of benzene rings is 1. The first-order chi connectivity index (χ1) is 11.7. The van der Waals surface area contributed by atoms with Crippen LogP contribution in [0.25, 0.3) is 11.3 Å². The first kappa shape index (κ1) is 16.9. The first-order valence-corrected chi connectivity index (χ1v) is 9.05. The number of aromatic nitrogens is 2. The molecule has 1 aromatic heterocycles. The summed E-state index contributed by atoms with van der Waals surface area (Å²) in [6.45, 7) is 5.15. The van der Waals surface area contributed by atoms with Gasteiger partial charge in [-0.05, 0) is 74.9 Å². The Hall–Kier alpha value is -1.94. The molecule has 1 aliphatic heterocycles. The van der Waals surface area contributed by atoms with E-state index in [0.29, 0.717) is 11.8 Å². The van der Waals surface area contributed by atoms with E-state index < -0.39 is 0 Å². The Labute approximate surface area is 144 Å². The molecular formula is C20H27N3O. The average molecular weight is 325 g/mol. The lowest BCUT2D eigenvalue weighted by atomic mass is 9.96. The summed E-state index contributed by atoms with van der Waals surface area (Å²) >= 11 is 0. The number of nitrogens with zero attached hydrogens (tertiary/aromatic N) is 2. The van der Waals surface area contributed by atoms with Crippen molar-refractivity contribution in [3.8, 4) is 17.0 Å². The molecule has 4 heteroatoms. The van der Waals surface area contributed by atoms with Crippen molar-refractivity contribution in [1.29, 1.82) is 0 Å². The lowest BCUT2D eigenvalue weighted by Gasteiger charge is -2.23. The van der Waals surface area contributed by atoms with Gasteiger partial charge in [-0.25, -0.2) is 9.97 Å². The van der Waals surface area contributed by atoms with Gasteiger partial charge in [-0.1, -0.05) is 13.3 Å². The van der Waals surface area contributed by atoms with Crippen molar-refractivity contribution in [2.24, 2.45) is 0 Å². The fourth-order valence-electron chi connectivity index (χ4n) is 3.47. The van der Waals surface area contributed by atoms with Crippen LogP contribution in [0, 0.1) is 6.92 Å². The number of aryl methyl sites for hydroxylation is 3. The molecule has 2 heterocycles. The molecule has 0 amide bonds. The molecule has 128 valence electrons. The number of phenolic OH excluding ortho intramolecular Hbond substituents is 1. The highest BCUT2D eigenvalue weighted by Gasteiger charge is 2.14. The molecule has 0 unspecified atom stereocenters. The van der Waals surface area contributed by atoms with Gasteiger partial charge in [-0.2, -0.15) is 0 Å². The van der Waals surface area contributed by atoms with E-state index in [1.54, 1.807) is 0 Å². The minimum absolute atomic E-state index is 0.317. The summed E-state index contributed by atoms with van der Waals surface area (Å²) in [5, 5.41) is 13.8. The van der Waals surface area contributed by atoms with Gasteiger partial charge in [0.15, 0.2) is 0 Å². The monoisotopic (exact) mass is 325 g/mol. The number of hydrogen-bond acceptors (Lipinski definition) is 4. The SMILES string of the molecule is CCc1cnc(C)nc1-c1cc(O)cc(CC[C@H]2CCCCN2)c1. The molecule has 0 aliphatic carbocycles. The van der Waals surface area contributed by atoms with E-state index >= 15 is 0 Å². The van der Waals surface area contributed by atoms with E-state index in [-0.39, 0.29) is 0 Å². The minimum atomic E-state index is 0.317. The van der Waals surface area contributed by atoms with Gasteiger partial charge < -0.3 is 10.4 Å². The molecule has 1 atom stereocenters. The van der Waals surface area contributed by atoms with Crippen LogP contribution < -0.4 is 5.32 Å². The van der Waals surface area contributed by atoms with E-state index in [1.807, 2.05) is 25.3 Å². The van der Waals surface area contributed by atoms with Crippen LogP contribution in [0.5, 0.6) is 5.75 Å². The van der Waals surface area contributed by atoms with Crippen molar-refractivity contribution in [2.75, 3.05) is 6.54 Å². The summed E-state index contributed by atoms with van der Waals surface area (Å²) in [4.78, 5) is 8.91. The van der Waals surface area contributed by atoms with Crippen LogP contribution >= 0.6 is 0 Å². The third-order valence-electron chi connectivity index (χ3n) is 4.81. The van der Waals surface area contributed by atoms with Crippen molar-refractivity contribution in [3.63, 3.8) is 0 Å². The van der Waals surface area contributed by atoms with E-state index in [1.165, 1.54) is 24.8 Å². The number of nitrogens with one attached hydrogen (secondary N) is 1.